The highest BCUT2D eigenvalue weighted by Crippen LogP contribution is 2.21. The molecule has 0 fully saturated rings. The van der Waals surface area contributed by atoms with E-state index >= 15 is 0 Å². The van der Waals surface area contributed by atoms with Gasteiger partial charge in [-0.25, -0.2) is 0 Å². The number of carboxylic acid groups (broad SMARTS) is 1. The first-order valence-corrected chi connectivity index (χ1v) is 5.53. The van der Waals surface area contributed by atoms with E-state index < -0.39 is 5.97 Å². The molecular weight excluding hydrogens is 279 g/mol. The Morgan fingerprint density at radius 3 is 2.62 bits per heavy atom. The predicted molar refractivity (Wildman–Crippen MR) is 60.4 cm³/mol. The molecule has 0 spiro atoms. The molecule has 13 heavy (non-hydrogen) atoms. The van der Waals surface area contributed by atoms with E-state index in [2.05, 4.69) is 22.6 Å². The van der Waals surface area contributed by atoms with Crippen molar-refractivity contribution in [2.24, 2.45) is 0 Å². The minimum atomic E-state index is -0.747. The van der Waals surface area contributed by atoms with Gasteiger partial charge in [0.15, 0.2) is 0 Å². The molecular formula is C10H11IO2. The minimum absolute atomic E-state index is 0.373. The van der Waals surface area contributed by atoms with E-state index in [1.165, 1.54) is 0 Å². The number of carbonyl (C=O) groups is 1. The van der Waals surface area contributed by atoms with E-state index in [1.807, 2.05) is 31.2 Å². The lowest BCUT2D eigenvalue weighted by molar-refractivity contribution is -0.138. The molecule has 0 aliphatic heterocycles. The lowest BCUT2D eigenvalue weighted by atomic mass is 9.97. The average molecular weight is 290 g/mol. The van der Waals surface area contributed by atoms with Gasteiger partial charge in [0, 0.05) is 4.43 Å². The number of carboxylic acids is 1. The lowest BCUT2D eigenvalue weighted by Crippen LogP contribution is -2.13. The SMILES string of the molecule is Cc1ccccc1C(CI)C(=O)O. The van der Waals surface area contributed by atoms with Crippen molar-refractivity contribution >= 4 is 28.6 Å². The summed E-state index contributed by atoms with van der Waals surface area (Å²) in [5, 5.41) is 8.95. The van der Waals surface area contributed by atoms with Crippen molar-refractivity contribution < 1.29 is 9.90 Å². The molecule has 0 saturated carbocycles. The molecule has 0 amide bonds. The van der Waals surface area contributed by atoms with E-state index in [0.717, 1.165) is 11.1 Å². The maximum atomic E-state index is 10.9. The summed E-state index contributed by atoms with van der Waals surface area (Å²) in [7, 11) is 0. The molecule has 1 unspecified atom stereocenters. The van der Waals surface area contributed by atoms with E-state index in [-0.39, 0.29) is 5.92 Å². The molecule has 0 aliphatic carbocycles. The number of halogens is 1. The monoisotopic (exact) mass is 290 g/mol. The summed E-state index contributed by atoms with van der Waals surface area (Å²) < 4.78 is 0.609. The van der Waals surface area contributed by atoms with Gasteiger partial charge in [0.1, 0.15) is 0 Å². The molecule has 0 aromatic heterocycles. The van der Waals surface area contributed by atoms with Gasteiger partial charge in [-0.15, -0.1) is 0 Å². The number of aryl methyl sites for hydroxylation is 1. The summed E-state index contributed by atoms with van der Waals surface area (Å²) in [5.41, 5.74) is 1.97. The summed E-state index contributed by atoms with van der Waals surface area (Å²) in [6, 6.07) is 7.62. The Morgan fingerprint density at radius 1 is 1.54 bits per heavy atom. The van der Waals surface area contributed by atoms with E-state index in [1.54, 1.807) is 0 Å². The number of alkyl halides is 1. The number of hydrogen-bond donors (Lipinski definition) is 1. The maximum absolute atomic E-state index is 10.9. The normalized spacial score (nSPS) is 12.5. The summed E-state index contributed by atoms with van der Waals surface area (Å²) in [6.45, 7) is 1.94. The van der Waals surface area contributed by atoms with Crippen LogP contribution in [-0.4, -0.2) is 15.5 Å². The lowest BCUT2D eigenvalue weighted by Gasteiger charge is -2.11. The van der Waals surface area contributed by atoms with Crippen LogP contribution in [0.25, 0.3) is 0 Å². The zero-order chi connectivity index (χ0) is 9.84. The highest BCUT2D eigenvalue weighted by atomic mass is 127. The molecule has 1 atom stereocenters. The van der Waals surface area contributed by atoms with Gasteiger partial charge in [-0.3, -0.25) is 4.79 Å². The van der Waals surface area contributed by atoms with Crippen LogP contribution in [0, 0.1) is 6.92 Å². The van der Waals surface area contributed by atoms with Crippen molar-refractivity contribution in [3.63, 3.8) is 0 Å². The van der Waals surface area contributed by atoms with Crippen molar-refractivity contribution in [2.75, 3.05) is 4.43 Å². The molecule has 0 saturated heterocycles. The third-order valence-corrected chi connectivity index (χ3v) is 2.90. The molecule has 70 valence electrons. The highest BCUT2D eigenvalue weighted by molar-refractivity contribution is 14.1. The van der Waals surface area contributed by atoms with E-state index in [9.17, 15) is 4.79 Å². The van der Waals surface area contributed by atoms with Crippen molar-refractivity contribution in [3.05, 3.63) is 35.4 Å². The van der Waals surface area contributed by atoms with Crippen molar-refractivity contribution in [3.8, 4) is 0 Å². The van der Waals surface area contributed by atoms with Crippen molar-refractivity contribution in [1.29, 1.82) is 0 Å². The van der Waals surface area contributed by atoms with Crippen LogP contribution < -0.4 is 0 Å². The Labute approximate surface area is 91.1 Å². The predicted octanol–water partition coefficient (Wildman–Crippen LogP) is 2.60. The number of aliphatic carboxylic acids is 1. The molecule has 1 aromatic carbocycles. The fourth-order valence-electron chi connectivity index (χ4n) is 1.26. The highest BCUT2D eigenvalue weighted by Gasteiger charge is 2.19. The Bertz CT molecular complexity index is 310. The Balaban J connectivity index is 3.04. The van der Waals surface area contributed by atoms with Crippen LogP contribution in [0.3, 0.4) is 0 Å². The zero-order valence-electron chi connectivity index (χ0n) is 7.33. The van der Waals surface area contributed by atoms with Gasteiger partial charge < -0.3 is 5.11 Å². The van der Waals surface area contributed by atoms with E-state index in [0.29, 0.717) is 4.43 Å². The van der Waals surface area contributed by atoms with Gasteiger partial charge in [0.05, 0.1) is 5.92 Å². The summed E-state index contributed by atoms with van der Waals surface area (Å²) >= 11 is 2.10. The third kappa shape index (κ3) is 2.43. The third-order valence-electron chi connectivity index (χ3n) is 2.02. The molecule has 3 heteroatoms. The van der Waals surface area contributed by atoms with Gasteiger partial charge >= 0.3 is 5.97 Å². The van der Waals surface area contributed by atoms with Crippen LogP contribution in [0.5, 0.6) is 0 Å². The second-order valence-corrected chi connectivity index (χ2v) is 3.78. The minimum Gasteiger partial charge on any atom is -0.481 e. The van der Waals surface area contributed by atoms with Gasteiger partial charge in [0.2, 0.25) is 0 Å². The van der Waals surface area contributed by atoms with Crippen LogP contribution in [0.1, 0.15) is 17.0 Å². The maximum Gasteiger partial charge on any atom is 0.311 e. The fraction of sp³-hybridized carbons (Fsp3) is 0.300. The van der Waals surface area contributed by atoms with E-state index in [4.69, 9.17) is 5.11 Å². The quantitative estimate of drug-likeness (QED) is 0.686. The molecule has 1 rings (SSSR count). The van der Waals surface area contributed by atoms with Gasteiger partial charge in [-0.2, -0.15) is 0 Å². The summed E-state index contributed by atoms with van der Waals surface area (Å²) in [4.78, 5) is 10.9. The first-order valence-electron chi connectivity index (χ1n) is 4.01. The van der Waals surface area contributed by atoms with Crippen LogP contribution in [0.2, 0.25) is 0 Å². The van der Waals surface area contributed by atoms with Crippen molar-refractivity contribution in [1.82, 2.24) is 0 Å². The number of hydrogen-bond acceptors (Lipinski definition) is 1. The van der Waals surface area contributed by atoms with Gasteiger partial charge in [-0.05, 0) is 18.1 Å². The van der Waals surface area contributed by atoms with Crippen LogP contribution in [0.4, 0.5) is 0 Å². The van der Waals surface area contributed by atoms with Crippen LogP contribution in [0.15, 0.2) is 24.3 Å². The summed E-state index contributed by atoms with van der Waals surface area (Å²) in [5.74, 6) is -1.12. The summed E-state index contributed by atoms with van der Waals surface area (Å²) in [6.07, 6.45) is 0. The molecule has 0 radical (unpaired) electrons. The Hall–Kier alpha value is -0.580. The standard InChI is InChI=1S/C10H11IO2/c1-7-4-2-3-5-8(7)9(6-11)10(12)13/h2-5,9H,6H2,1H3,(H,12,13). The van der Waals surface area contributed by atoms with Crippen LogP contribution >= 0.6 is 22.6 Å². The fourth-order valence-corrected chi connectivity index (χ4v) is 2.11. The average Bonchev–Trinajstić information content (AvgIpc) is 2.09. The second-order valence-electron chi connectivity index (χ2n) is 2.90. The second kappa shape index (κ2) is 4.60. The molecule has 0 heterocycles. The molecule has 1 aromatic rings. The Morgan fingerprint density at radius 2 is 2.15 bits per heavy atom. The number of benzene rings is 1. The van der Waals surface area contributed by atoms with Gasteiger partial charge in [-0.1, -0.05) is 46.9 Å². The van der Waals surface area contributed by atoms with Gasteiger partial charge in [0.25, 0.3) is 0 Å². The smallest absolute Gasteiger partial charge is 0.311 e. The molecule has 0 aliphatic rings. The van der Waals surface area contributed by atoms with Crippen LogP contribution in [-0.2, 0) is 4.79 Å². The first-order chi connectivity index (χ1) is 6.16. The molecule has 0 bridgehead atoms. The van der Waals surface area contributed by atoms with Crippen molar-refractivity contribution in [2.45, 2.75) is 12.8 Å². The molecule has 2 nitrogen and oxygen atoms in total. The molecule has 1 N–H and O–H groups in total. The number of rotatable bonds is 3. The largest absolute Gasteiger partial charge is 0.481 e. The Kier molecular flexibility index (Phi) is 3.71. The topological polar surface area (TPSA) is 37.3 Å². The zero-order valence-corrected chi connectivity index (χ0v) is 9.48. The first kappa shape index (κ1) is 10.5.